The average molecular weight is 683 g/mol. The van der Waals surface area contributed by atoms with Crippen LogP contribution < -0.4 is 15.5 Å². The first kappa shape index (κ1) is 36.4. The lowest BCUT2D eigenvalue weighted by Crippen LogP contribution is -2.45. The van der Waals surface area contributed by atoms with Gasteiger partial charge in [0.05, 0.1) is 36.8 Å². The second-order valence-electron chi connectivity index (χ2n) is 15.1. The maximum Gasteiger partial charge on any atom is 0.264 e. The Morgan fingerprint density at radius 2 is 1.96 bits per heavy atom. The molecule has 0 aromatic heterocycles. The third kappa shape index (κ3) is 7.34. The van der Waals surface area contributed by atoms with Crippen molar-refractivity contribution in [3.8, 4) is 0 Å². The van der Waals surface area contributed by atoms with Crippen LogP contribution in [0.15, 0.2) is 41.5 Å². The lowest BCUT2D eigenvalue weighted by molar-refractivity contribution is -0.149. The van der Waals surface area contributed by atoms with Crippen molar-refractivity contribution in [2.75, 3.05) is 43.0 Å². The number of piperidine rings is 1. The molecule has 264 valence electrons. The van der Waals surface area contributed by atoms with Crippen LogP contribution in [0.25, 0.3) is 0 Å². The van der Waals surface area contributed by atoms with E-state index in [1.807, 2.05) is 25.1 Å². The predicted octanol–water partition coefficient (Wildman–Crippen LogP) is 5.81. The van der Waals surface area contributed by atoms with Gasteiger partial charge in [0.2, 0.25) is 20.2 Å². The number of anilines is 2. The minimum Gasteiger partial charge on any atom is -0.394 e. The fraction of sp³-hybridized carbons (Fsp3) is 0.649. The summed E-state index contributed by atoms with van der Waals surface area (Å²) in [5, 5.41) is 16.2. The second kappa shape index (κ2) is 14.9. The number of carbonyl (C=O) groups is 3. The zero-order valence-corrected chi connectivity index (χ0v) is 30.6. The molecule has 1 aromatic rings. The van der Waals surface area contributed by atoms with Crippen molar-refractivity contribution in [1.82, 2.24) is 10.2 Å². The van der Waals surface area contributed by atoms with Crippen LogP contribution in [0, 0.1) is 11.8 Å². The first-order chi connectivity index (χ1) is 22.8. The van der Waals surface area contributed by atoms with Crippen LogP contribution in [-0.4, -0.2) is 81.1 Å². The normalized spacial score (nSPS) is 29.0. The van der Waals surface area contributed by atoms with E-state index in [4.69, 9.17) is 4.74 Å². The maximum absolute atomic E-state index is 16.4. The van der Waals surface area contributed by atoms with Gasteiger partial charge < -0.3 is 34.4 Å². The van der Waals surface area contributed by atoms with E-state index < -0.39 is 31.6 Å². The molecule has 0 bridgehead atoms. The Morgan fingerprint density at radius 1 is 1.19 bits per heavy atom. The molecule has 1 aromatic carbocycles. The van der Waals surface area contributed by atoms with Crippen LogP contribution in [0.3, 0.4) is 0 Å². The summed E-state index contributed by atoms with van der Waals surface area (Å²) in [5.74, 6) is -1.21. The lowest BCUT2D eigenvalue weighted by atomic mass is 9.82. The third-order valence-corrected chi connectivity index (χ3v) is 13.4. The topological polar surface area (TPSA) is 111 Å². The van der Waals surface area contributed by atoms with Crippen molar-refractivity contribution in [3.63, 3.8) is 0 Å². The summed E-state index contributed by atoms with van der Waals surface area (Å²) in [7, 11) is -3.48. The lowest BCUT2D eigenvalue weighted by Gasteiger charge is -2.31. The Bertz CT molecular complexity index is 1430. The smallest absolute Gasteiger partial charge is 0.264 e. The number of hydrogen-bond acceptors (Lipinski definition) is 6. The number of amides is 3. The van der Waals surface area contributed by atoms with E-state index in [-0.39, 0.29) is 42.7 Å². The number of allylic oxidation sites excluding steroid dienone is 3. The first-order valence-electron chi connectivity index (χ1n) is 17.8. The summed E-state index contributed by atoms with van der Waals surface area (Å²) >= 11 is 0. The van der Waals surface area contributed by atoms with Gasteiger partial charge in [0.15, 0.2) is 5.60 Å². The average Bonchev–Trinajstić information content (AvgIpc) is 3.70. The number of carbonyl (C=O) groups excluding carboxylic acids is 3. The minimum atomic E-state index is -3.48. The van der Waals surface area contributed by atoms with Crippen molar-refractivity contribution < 1.29 is 28.3 Å². The van der Waals surface area contributed by atoms with Gasteiger partial charge in [-0.25, -0.2) is 0 Å². The summed E-state index contributed by atoms with van der Waals surface area (Å²) < 4.78 is 23.2. The summed E-state index contributed by atoms with van der Waals surface area (Å²) in [6, 6.07) is 5.27. The summed E-state index contributed by atoms with van der Waals surface area (Å²) in [6.07, 6.45) is 8.48. The van der Waals surface area contributed by atoms with Gasteiger partial charge in [-0.1, -0.05) is 30.2 Å². The summed E-state index contributed by atoms with van der Waals surface area (Å²) in [6.45, 7) is 13.7. The fourth-order valence-electron chi connectivity index (χ4n) is 8.41. The van der Waals surface area contributed by atoms with E-state index in [0.29, 0.717) is 36.6 Å². The molecular formula is C37H55FN4O5Si. The largest absolute Gasteiger partial charge is 0.394 e. The van der Waals surface area contributed by atoms with Crippen LogP contribution in [0.4, 0.5) is 15.5 Å². The molecule has 3 amide bonds. The van der Waals surface area contributed by atoms with Gasteiger partial charge in [-0.05, 0) is 97.1 Å². The van der Waals surface area contributed by atoms with E-state index in [0.717, 1.165) is 50.6 Å². The monoisotopic (exact) mass is 682 g/mol. The van der Waals surface area contributed by atoms with Gasteiger partial charge in [-0.15, -0.1) is 0 Å². The van der Waals surface area contributed by atoms with Gasteiger partial charge in [0, 0.05) is 42.3 Å². The number of likely N-dealkylation sites (tertiary alicyclic amines) is 1. The standard InChI is InChI=1S/C37H55FN4O5Si/c1-24(2)10-7-11-25(3)16-19-42-31-15-14-28(40-35(45)27-12-8-17-39-22-27)20-30(31)37(36(42)46)26(4)34(48(5,6)38)32(47-37)21-33(44)41-18-9-13-29(41)23-43/h10,14-16,20,26-27,29,32,34,39,43H,7-9,11-13,17-19,21-23H2,1-6H3,(H,40,45)/b25-16+/t26-,27?,29+,32+,34-,37+/m1/s1. The number of aliphatic hydroxyl groups excluding tert-OH is 1. The molecule has 5 rings (SSSR count). The van der Waals surface area contributed by atoms with Crippen molar-refractivity contribution in [2.45, 2.75) is 109 Å². The first-order valence-corrected chi connectivity index (χ1v) is 20.8. The van der Waals surface area contributed by atoms with E-state index in [9.17, 15) is 19.5 Å². The molecule has 9 nitrogen and oxygen atoms in total. The van der Waals surface area contributed by atoms with Crippen molar-refractivity contribution in [3.05, 3.63) is 47.1 Å². The Morgan fingerprint density at radius 3 is 2.62 bits per heavy atom. The van der Waals surface area contributed by atoms with Gasteiger partial charge in [-0.2, -0.15) is 0 Å². The molecule has 3 fully saturated rings. The van der Waals surface area contributed by atoms with Crippen molar-refractivity contribution in [1.29, 1.82) is 0 Å². The number of ether oxygens (including phenoxy) is 1. The number of halogens is 1. The Kier molecular flexibility index (Phi) is 11.3. The Balaban J connectivity index is 1.51. The molecule has 0 saturated carbocycles. The number of benzene rings is 1. The number of nitrogens with zero attached hydrogens (tertiary/aromatic N) is 2. The van der Waals surface area contributed by atoms with Gasteiger partial charge in [0.25, 0.3) is 5.91 Å². The molecule has 0 radical (unpaired) electrons. The highest BCUT2D eigenvalue weighted by Gasteiger charge is 2.67. The summed E-state index contributed by atoms with van der Waals surface area (Å²) in [5.41, 5.74) is 2.17. The van der Waals surface area contributed by atoms with E-state index in [1.165, 1.54) is 5.57 Å². The molecule has 4 heterocycles. The van der Waals surface area contributed by atoms with Crippen molar-refractivity contribution >= 4 is 37.5 Å². The van der Waals surface area contributed by atoms with Gasteiger partial charge in [0.1, 0.15) is 0 Å². The molecule has 1 unspecified atom stereocenters. The second-order valence-corrected chi connectivity index (χ2v) is 18.9. The fourth-order valence-corrected chi connectivity index (χ4v) is 10.9. The highest BCUT2D eigenvalue weighted by molar-refractivity contribution is 6.72. The predicted molar refractivity (Wildman–Crippen MR) is 190 cm³/mol. The minimum absolute atomic E-state index is 0.0509. The molecule has 3 N–H and O–H groups in total. The number of aliphatic hydroxyl groups is 1. The molecule has 11 heteroatoms. The zero-order valence-electron chi connectivity index (χ0n) is 29.6. The Labute approximate surface area is 286 Å². The molecule has 48 heavy (non-hydrogen) atoms. The number of rotatable bonds is 11. The molecule has 1 spiro atoms. The maximum atomic E-state index is 16.4. The molecule has 3 saturated heterocycles. The SMILES string of the molecule is CC(C)=CCC/C(C)=C/CN1C(=O)[C@@]2(O[C@@H](CC(=O)N3CCC[C@H]3CO)[C@H]([Si](C)(C)F)[C@H]2C)c2cc(NC(=O)C3CCCNC3)ccc21. The van der Waals surface area contributed by atoms with Crippen LogP contribution in [-0.2, 0) is 24.7 Å². The highest BCUT2D eigenvalue weighted by Crippen LogP contribution is 2.60. The zero-order chi connectivity index (χ0) is 34.8. The number of nitrogens with one attached hydrogen (secondary N) is 2. The summed E-state index contributed by atoms with van der Waals surface area (Å²) in [4.78, 5) is 45.1. The number of fused-ring (bicyclic) bond motifs is 2. The van der Waals surface area contributed by atoms with Gasteiger partial charge >= 0.3 is 0 Å². The molecule has 6 atom stereocenters. The third-order valence-electron chi connectivity index (χ3n) is 10.9. The van der Waals surface area contributed by atoms with Crippen LogP contribution in [0.2, 0.25) is 18.6 Å². The molecular weight excluding hydrogens is 628 g/mol. The molecule has 4 aliphatic heterocycles. The van der Waals surface area contributed by atoms with Crippen LogP contribution in [0.1, 0.15) is 78.2 Å². The molecule has 0 aliphatic carbocycles. The van der Waals surface area contributed by atoms with Crippen LogP contribution in [0.5, 0.6) is 0 Å². The molecule has 4 aliphatic rings. The van der Waals surface area contributed by atoms with E-state index in [1.54, 1.807) is 22.9 Å². The Hall–Kier alpha value is -2.86. The highest BCUT2D eigenvalue weighted by atomic mass is 28.4. The van der Waals surface area contributed by atoms with E-state index >= 15 is 4.11 Å². The van der Waals surface area contributed by atoms with Gasteiger partial charge in [-0.3, -0.25) is 14.4 Å². The number of hydrogen-bond donors (Lipinski definition) is 3. The van der Waals surface area contributed by atoms with Crippen LogP contribution >= 0.6 is 0 Å². The van der Waals surface area contributed by atoms with Crippen molar-refractivity contribution in [2.24, 2.45) is 11.8 Å². The van der Waals surface area contributed by atoms with E-state index in [2.05, 4.69) is 43.6 Å². The quantitative estimate of drug-likeness (QED) is 0.154.